The van der Waals surface area contributed by atoms with Crippen LogP contribution >= 0.6 is 23.8 Å². The molecule has 0 aromatic heterocycles. The van der Waals surface area contributed by atoms with E-state index in [9.17, 15) is 4.79 Å². The van der Waals surface area contributed by atoms with Crippen molar-refractivity contribution in [3.8, 4) is 0 Å². The van der Waals surface area contributed by atoms with Gasteiger partial charge in [-0.2, -0.15) is 0 Å². The molecular weight excluding hydrogens is 294 g/mol. The van der Waals surface area contributed by atoms with E-state index in [0.29, 0.717) is 16.6 Å². The van der Waals surface area contributed by atoms with Crippen LogP contribution in [0, 0.1) is 0 Å². The molecule has 1 aromatic carbocycles. The Kier molecular flexibility index (Phi) is 4.96. The lowest BCUT2D eigenvalue weighted by Gasteiger charge is -2.23. The largest absolute Gasteiger partial charge is 0.389 e. The van der Waals surface area contributed by atoms with E-state index in [4.69, 9.17) is 29.6 Å². The van der Waals surface area contributed by atoms with Crippen molar-refractivity contribution in [2.24, 2.45) is 5.73 Å². The predicted molar refractivity (Wildman–Crippen MR) is 84.8 cm³/mol. The average Bonchev–Trinajstić information content (AvgIpc) is 2.88. The molecule has 1 saturated heterocycles. The van der Waals surface area contributed by atoms with Crippen molar-refractivity contribution in [1.29, 1.82) is 0 Å². The summed E-state index contributed by atoms with van der Waals surface area (Å²) in [6, 6.07) is 5.51. The van der Waals surface area contributed by atoms with Crippen LogP contribution in [0.3, 0.4) is 0 Å². The van der Waals surface area contributed by atoms with Crippen molar-refractivity contribution in [3.63, 3.8) is 0 Å². The molecule has 1 aromatic rings. The standard InChI is InChI=1S/C14H18ClN3OS/c1-17-14(19)12-3-2-6-18(12)8-10-5-4-9(13(16)20)7-11(10)15/h4-5,7,12H,2-3,6,8H2,1H3,(H2,16,20)(H,17,19). The van der Waals surface area contributed by atoms with Gasteiger partial charge in [0.1, 0.15) is 4.99 Å². The summed E-state index contributed by atoms with van der Waals surface area (Å²) in [6.07, 6.45) is 1.92. The minimum absolute atomic E-state index is 0.0636. The topological polar surface area (TPSA) is 58.4 Å². The monoisotopic (exact) mass is 311 g/mol. The van der Waals surface area contributed by atoms with Crippen LogP contribution in [0.1, 0.15) is 24.0 Å². The van der Waals surface area contributed by atoms with Crippen LogP contribution in [-0.2, 0) is 11.3 Å². The fourth-order valence-corrected chi connectivity index (χ4v) is 2.89. The number of thiocarbonyl (C=S) groups is 1. The fourth-order valence-electron chi connectivity index (χ4n) is 2.53. The molecule has 2 rings (SSSR count). The summed E-state index contributed by atoms with van der Waals surface area (Å²) in [5.74, 6) is 0.0679. The summed E-state index contributed by atoms with van der Waals surface area (Å²) in [5, 5.41) is 3.35. The molecule has 6 heteroatoms. The van der Waals surface area contributed by atoms with E-state index in [1.807, 2.05) is 12.1 Å². The number of nitrogens with zero attached hydrogens (tertiary/aromatic N) is 1. The van der Waals surface area contributed by atoms with Gasteiger partial charge in [0.05, 0.1) is 6.04 Å². The molecule has 108 valence electrons. The maximum absolute atomic E-state index is 11.8. The lowest BCUT2D eigenvalue weighted by molar-refractivity contribution is -0.125. The first kappa shape index (κ1) is 15.2. The second kappa shape index (κ2) is 6.52. The van der Waals surface area contributed by atoms with Crippen LogP contribution in [0.2, 0.25) is 5.02 Å². The van der Waals surface area contributed by atoms with Gasteiger partial charge < -0.3 is 11.1 Å². The number of nitrogens with one attached hydrogen (secondary N) is 1. The van der Waals surface area contributed by atoms with Crippen LogP contribution in [0.5, 0.6) is 0 Å². The number of amides is 1. The van der Waals surface area contributed by atoms with Crippen molar-refractivity contribution in [3.05, 3.63) is 34.3 Å². The number of likely N-dealkylation sites (N-methyl/N-ethyl adjacent to an activating group) is 1. The number of nitrogens with two attached hydrogens (primary N) is 1. The minimum Gasteiger partial charge on any atom is -0.389 e. The molecule has 1 amide bonds. The maximum atomic E-state index is 11.8. The van der Waals surface area contributed by atoms with E-state index in [1.54, 1.807) is 13.1 Å². The molecule has 1 unspecified atom stereocenters. The molecule has 1 atom stereocenters. The third-order valence-electron chi connectivity index (χ3n) is 3.62. The van der Waals surface area contributed by atoms with E-state index < -0.39 is 0 Å². The van der Waals surface area contributed by atoms with Gasteiger partial charge in [0, 0.05) is 24.2 Å². The Morgan fingerprint density at radius 1 is 1.60 bits per heavy atom. The van der Waals surface area contributed by atoms with Gasteiger partial charge in [0.25, 0.3) is 0 Å². The van der Waals surface area contributed by atoms with Gasteiger partial charge in [0.15, 0.2) is 0 Å². The number of hydrogen-bond donors (Lipinski definition) is 2. The number of halogens is 1. The highest BCUT2D eigenvalue weighted by atomic mass is 35.5. The Balaban J connectivity index is 2.13. The van der Waals surface area contributed by atoms with Gasteiger partial charge in [-0.3, -0.25) is 9.69 Å². The summed E-state index contributed by atoms with van der Waals surface area (Å²) in [6.45, 7) is 1.57. The van der Waals surface area contributed by atoms with Crippen molar-refractivity contribution in [2.75, 3.05) is 13.6 Å². The lowest BCUT2D eigenvalue weighted by Crippen LogP contribution is -2.41. The van der Waals surface area contributed by atoms with Crippen molar-refractivity contribution in [2.45, 2.75) is 25.4 Å². The Hall–Kier alpha value is -1.17. The van der Waals surface area contributed by atoms with E-state index in [1.165, 1.54) is 0 Å². The molecule has 4 nitrogen and oxygen atoms in total. The van der Waals surface area contributed by atoms with E-state index >= 15 is 0 Å². The molecule has 1 aliphatic heterocycles. The normalized spacial score (nSPS) is 19.0. The zero-order valence-corrected chi connectivity index (χ0v) is 12.9. The van der Waals surface area contributed by atoms with Crippen LogP contribution in [-0.4, -0.2) is 35.4 Å². The zero-order valence-electron chi connectivity index (χ0n) is 11.4. The Morgan fingerprint density at radius 2 is 2.35 bits per heavy atom. The highest BCUT2D eigenvalue weighted by molar-refractivity contribution is 7.80. The molecular formula is C14H18ClN3OS. The number of hydrogen-bond acceptors (Lipinski definition) is 3. The van der Waals surface area contributed by atoms with Crippen molar-refractivity contribution >= 4 is 34.7 Å². The number of carbonyl (C=O) groups excluding carboxylic acids is 1. The Labute approximate surface area is 129 Å². The summed E-state index contributed by atoms with van der Waals surface area (Å²) in [5.41, 5.74) is 7.34. The molecule has 1 aliphatic rings. The van der Waals surface area contributed by atoms with Gasteiger partial charge in [-0.1, -0.05) is 36.0 Å². The molecule has 1 fully saturated rings. The van der Waals surface area contributed by atoms with E-state index in [2.05, 4.69) is 10.2 Å². The maximum Gasteiger partial charge on any atom is 0.237 e. The number of likely N-dealkylation sites (tertiary alicyclic amines) is 1. The lowest BCUT2D eigenvalue weighted by atomic mass is 10.1. The van der Waals surface area contributed by atoms with Gasteiger partial charge >= 0.3 is 0 Å². The van der Waals surface area contributed by atoms with Crippen LogP contribution in [0.15, 0.2) is 18.2 Å². The number of rotatable bonds is 4. The van der Waals surface area contributed by atoms with E-state index in [-0.39, 0.29) is 11.9 Å². The fraction of sp³-hybridized carbons (Fsp3) is 0.429. The first-order valence-corrected chi connectivity index (χ1v) is 7.35. The smallest absolute Gasteiger partial charge is 0.237 e. The van der Waals surface area contributed by atoms with Crippen LogP contribution in [0.4, 0.5) is 0 Å². The predicted octanol–water partition coefficient (Wildman–Crippen LogP) is 1.68. The molecule has 20 heavy (non-hydrogen) atoms. The van der Waals surface area contributed by atoms with Crippen LogP contribution in [0.25, 0.3) is 0 Å². The SMILES string of the molecule is CNC(=O)C1CCCN1Cc1ccc(C(N)=S)cc1Cl. The van der Waals surface area contributed by atoms with Crippen molar-refractivity contribution < 1.29 is 4.79 Å². The summed E-state index contributed by atoms with van der Waals surface area (Å²) in [7, 11) is 1.67. The van der Waals surface area contributed by atoms with E-state index in [0.717, 1.165) is 30.5 Å². The third kappa shape index (κ3) is 3.29. The second-order valence-corrected chi connectivity index (χ2v) is 5.76. The van der Waals surface area contributed by atoms with Gasteiger partial charge in [-0.25, -0.2) is 0 Å². The average molecular weight is 312 g/mol. The molecule has 1 heterocycles. The Morgan fingerprint density at radius 3 is 2.95 bits per heavy atom. The second-order valence-electron chi connectivity index (χ2n) is 4.91. The summed E-state index contributed by atoms with van der Waals surface area (Å²) in [4.78, 5) is 14.3. The van der Waals surface area contributed by atoms with Gasteiger partial charge in [-0.05, 0) is 31.0 Å². The third-order valence-corrected chi connectivity index (χ3v) is 4.21. The first-order valence-electron chi connectivity index (χ1n) is 6.57. The minimum atomic E-state index is -0.0636. The quantitative estimate of drug-likeness (QED) is 0.831. The number of benzene rings is 1. The molecule has 0 spiro atoms. The van der Waals surface area contributed by atoms with Gasteiger partial charge in [-0.15, -0.1) is 0 Å². The number of carbonyl (C=O) groups is 1. The molecule has 3 N–H and O–H groups in total. The highest BCUT2D eigenvalue weighted by Gasteiger charge is 2.30. The molecule has 0 radical (unpaired) electrons. The van der Waals surface area contributed by atoms with Crippen molar-refractivity contribution in [1.82, 2.24) is 10.2 Å². The molecule has 0 saturated carbocycles. The van der Waals surface area contributed by atoms with Gasteiger partial charge in [0.2, 0.25) is 5.91 Å². The highest BCUT2D eigenvalue weighted by Crippen LogP contribution is 2.24. The first-order chi connectivity index (χ1) is 9.52. The molecule has 0 aliphatic carbocycles. The Bertz CT molecular complexity index is 535. The van der Waals surface area contributed by atoms with Crippen LogP contribution < -0.4 is 11.1 Å². The summed E-state index contributed by atoms with van der Waals surface area (Å²) < 4.78 is 0. The zero-order chi connectivity index (χ0) is 14.7. The molecule has 0 bridgehead atoms. The summed E-state index contributed by atoms with van der Waals surface area (Å²) >= 11 is 11.2.